The molecule has 2 aliphatic heterocycles. The molecule has 5 atom stereocenters. The summed E-state index contributed by atoms with van der Waals surface area (Å²) < 4.78 is 30.7. The first-order chi connectivity index (χ1) is 17.2. The molecule has 0 amide bonds. The summed E-state index contributed by atoms with van der Waals surface area (Å²) in [5.74, 6) is -1.15. The monoisotopic (exact) mass is 476 g/mol. The van der Waals surface area contributed by atoms with E-state index in [1.165, 1.54) is 0 Å². The van der Waals surface area contributed by atoms with Crippen molar-refractivity contribution >= 4 is 5.97 Å². The van der Waals surface area contributed by atoms with E-state index in [2.05, 4.69) is 0 Å². The van der Waals surface area contributed by atoms with Crippen LogP contribution in [0.1, 0.15) is 16.7 Å². The van der Waals surface area contributed by atoms with Crippen LogP contribution in [0.15, 0.2) is 91.0 Å². The number of hydrogen-bond acceptors (Lipinski definition) is 6. The lowest BCUT2D eigenvalue weighted by atomic mass is 9.88. The van der Waals surface area contributed by atoms with Gasteiger partial charge >= 0.3 is 5.97 Å². The Kier molecular flexibility index (Phi) is 7.22. The Morgan fingerprint density at radius 3 is 1.69 bits per heavy atom. The maximum Gasteiger partial charge on any atom is 0.341 e. The molecule has 35 heavy (non-hydrogen) atoms. The lowest BCUT2D eigenvalue weighted by Crippen LogP contribution is -2.66. The molecule has 2 bridgehead atoms. The largest absolute Gasteiger partial charge is 0.479 e. The fourth-order valence-electron chi connectivity index (χ4n) is 4.50. The van der Waals surface area contributed by atoms with Crippen molar-refractivity contribution < 1.29 is 33.6 Å². The predicted octanol–water partition coefficient (Wildman–Crippen LogP) is 3.95. The first-order valence-electron chi connectivity index (χ1n) is 11.7. The summed E-state index contributed by atoms with van der Waals surface area (Å²) in [6, 6.07) is 29.0. The second-order valence-electron chi connectivity index (χ2n) is 8.73. The summed E-state index contributed by atoms with van der Waals surface area (Å²) >= 11 is 0. The Bertz CT molecular complexity index is 1090. The molecule has 3 aromatic carbocycles. The van der Waals surface area contributed by atoms with Crippen LogP contribution in [0.3, 0.4) is 0 Å². The standard InChI is InChI=1S/C28H28O7/c29-27(30)28-19-34-26(35-28)24(32-17-21-12-6-2-7-13-21)23(31-16-20-10-4-1-5-11-20)25(28)33-18-22-14-8-3-9-15-22/h1-15,23-26H,16-19H2,(H,29,30). The number of fused-ring (bicyclic) bond motifs is 2. The van der Waals surface area contributed by atoms with Crippen molar-refractivity contribution in [3.8, 4) is 0 Å². The second-order valence-corrected chi connectivity index (χ2v) is 8.73. The van der Waals surface area contributed by atoms with E-state index >= 15 is 0 Å². The summed E-state index contributed by atoms with van der Waals surface area (Å²) in [5, 5.41) is 10.2. The Morgan fingerprint density at radius 2 is 1.20 bits per heavy atom. The number of carboxylic acids is 1. The molecule has 2 saturated heterocycles. The van der Waals surface area contributed by atoms with Gasteiger partial charge in [-0.15, -0.1) is 0 Å². The molecular weight excluding hydrogens is 448 g/mol. The van der Waals surface area contributed by atoms with Gasteiger partial charge in [0.2, 0.25) is 5.60 Å². The molecule has 2 heterocycles. The van der Waals surface area contributed by atoms with E-state index in [9.17, 15) is 9.90 Å². The van der Waals surface area contributed by atoms with E-state index in [1.807, 2.05) is 91.0 Å². The first-order valence-corrected chi connectivity index (χ1v) is 11.7. The number of rotatable bonds is 10. The zero-order chi connectivity index (χ0) is 24.1. The fraction of sp³-hybridized carbons (Fsp3) is 0.321. The van der Waals surface area contributed by atoms with Crippen LogP contribution in [0.25, 0.3) is 0 Å². The molecule has 7 nitrogen and oxygen atoms in total. The number of aliphatic carboxylic acids is 1. The molecule has 7 heteroatoms. The normalized spacial score (nSPS) is 27.5. The lowest BCUT2D eigenvalue weighted by molar-refractivity contribution is -0.291. The van der Waals surface area contributed by atoms with Crippen molar-refractivity contribution in [1.29, 1.82) is 0 Å². The van der Waals surface area contributed by atoms with Gasteiger partial charge in [-0.2, -0.15) is 0 Å². The highest BCUT2D eigenvalue weighted by Crippen LogP contribution is 2.42. The zero-order valence-corrected chi connectivity index (χ0v) is 19.2. The van der Waals surface area contributed by atoms with Gasteiger partial charge in [0.1, 0.15) is 18.3 Å². The van der Waals surface area contributed by atoms with Crippen molar-refractivity contribution in [2.45, 2.75) is 50.0 Å². The topological polar surface area (TPSA) is 83.5 Å². The smallest absolute Gasteiger partial charge is 0.341 e. The van der Waals surface area contributed by atoms with Crippen LogP contribution in [-0.4, -0.2) is 47.9 Å². The van der Waals surface area contributed by atoms with Crippen LogP contribution in [0.2, 0.25) is 0 Å². The summed E-state index contributed by atoms with van der Waals surface area (Å²) in [6.07, 6.45) is -3.26. The van der Waals surface area contributed by atoms with Crippen molar-refractivity contribution in [2.75, 3.05) is 6.61 Å². The molecule has 5 unspecified atom stereocenters. The number of carbonyl (C=O) groups is 1. The third-order valence-corrected chi connectivity index (χ3v) is 6.34. The maximum absolute atomic E-state index is 12.5. The van der Waals surface area contributed by atoms with E-state index in [4.69, 9.17) is 23.7 Å². The summed E-state index contributed by atoms with van der Waals surface area (Å²) in [5.41, 5.74) is 1.16. The molecule has 0 radical (unpaired) electrons. The molecule has 1 N–H and O–H groups in total. The van der Waals surface area contributed by atoms with E-state index in [1.54, 1.807) is 0 Å². The van der Waals surface area contributed by atoms with Gasteiger partial charge in [-0.3, -0.25) is 0 Å². The minimum absolute atomic E-state index is 0.150. The zero-order valence-electron chi connectivity index (χ0n) is 19.2. The fourth-order valence-corrected chi connectivity index (χ4v) is 4.50. The average molecular weight is 477 g/mol. The molecule has 0 spiro atoms. The molecule has 182 valence electrons. The predicted molar refractivity (Wildman–Crippen MR) is 126 cm³/mol. The van der Waals surface area contributed by atoms with E-state index in [0.29, 0.717) is 6.61 Å². The quantitative estimate of drug-likeness (QED) is 0.474. The highest BCUT2D eigenvalue weighted by Gasteiger charge is 2.65. The van der Waals surface area contributed by atoms with Gasteiger partial charge in [-0.1, -0.05) is 91.0 Å². The highest BCUT2D eigenvalue weighted by atomic mass is 16.8. The lowest BCUT2D eigenvalue weighted by Gasteiger charge is -2.44. The van der Waals surface area contributed by atoms with Crippen LogP contribution in [0.5, 0.6) is 0 Å². The van der Waals surface area contributed by atoms with Crippen molar-refractivity contribution in [3.05, 3.63) is 108 Å². The van der Waals surface area contributed by atoms with Crippen LogP contribution < -0.4 is 0 Å². The van der Waals surface area contributed by atoms with Gasteiger partial charge in [-0.25, -0.2) is 4.79 Å². The SMILES string of the molecule is O=C(O)C12COC(O1)C(OCc1ccccc1)C(OCc1ccccc1)C2OCc1ccccc1. The van der Waals surface area contributed by atoms with E-state index < -0.39 is 36.2 Å². The number of carboxylic acid groups (broad SMARTS) is 1. The Balaban J connectivity index is 1.43. The molecule has 0 aliphatic carbocycles. The molecule has 2 fully saturated rings. The maximum atomic E-state index is 12.5. The Hall–Kier alpha value is -3.07. The minimum atomic E-state index is -1.69. The molecule has 0 aromatic heterocycles. The number of ether oxygens (including phenoxy) is 5. The van der Waals surface area contributed by atoms with Crippen molar-refractivity contribution in [1.82, 2.24) is 0 Å². The Labute approximate surface area is 204 Å². The van der Waals surface area contributed by atoms with Crippen molar-refractivity contribution in [3.63, 3.8) is 0 Å². The molecule has 5 rings (SSSR count). The number of benzene rings is 3. The summed E-state index contributed by atoms with van der Waals surface area (Å²) in [4.78, 5) is 12.5. The van der Waals surface area contributed by atoms with Gasteiger partial charge in [0.25, 0.3) is 0 Å². The third-order valence-electron chi connectivity index (χ3n) is 6.34. The van der Waals surface area contributed by atoms with E-state index in [0.717, 1.165) is 16.7 Å². The van der Waals surface area contributed by atoms with Gasteiger partial charge in [0.05, 0.1) is 26.4 Å². The van der Waals surface area contributed by atoms with Gasteiger partial charge in [0, 0.05) is 0 Å². The van der Waals surface area contributed by atoms with Gasteiger partial charge < -0.3 is 28.8 Å². The van der Waals surface area contributed by atoms with E-state index in [-0.39, 0.29) is 19.8 Å². The average Bonchev–Trinajstić information content (AvgIpc) is 3.30. The molecule has 3 aromatic rings. The van der Waals surface area contributed by atoms with Crippen LogP contribution in [0, 0.1) is 0 Å². The number of hydrogen-bond donors (Lipinski definition) is 1. The van der Waals surface area contributed by atoms with Crippen LogP contribution in [-0.2, 0) is 48.3 Å². The first kappa shape index (κ1) is 23.7. The molecular formula is C28H28O7. The highest BCUT2D eigenvalue weighted by molar-refractivity contribution is 5.79. The Morgan fingerprint density at radius 1 is 0.743 bits per heavy atom. The summed E-state index contributed by atoms with van der Waals surface area (Å²) in [7, 11) is 0. The van der Waals surface area contributed by atoms with Crippen LogP contribution >= 0.6 is 0 Å². The van der Waals surface area contributed by atoms with Gasteiger partial charge in [-0.05, 0) is 16.7 Å². The summed E-state index contributed by atoms with van der Waals surface area (Å²) in [6.45, 7) is 0.615. The van der Waals surface area contributed by atoms with Crippen LogP contribution in [0.4, 0.5) is 0 Å². The second kappa shape index (κ2) is 10.7. The third kappa shape index (κ3) is 5.15. The molecule has 2 aliphatic rings. The molecule has 0 saturated carbocycles. The minimum Gasteiger partial charge on any atom is -0.479 e. The van der Waals surface area contributed by atoms with Crippen molar-refractivity contribution in [2.24, 2.45) is 0 Å². The van der Waals surface area contributed by atoms with Gasteiger partial charge in [0.15, 0.2) is 6.29 Å².